The third-order valence-electron chi connectivity index (χ3n) is 2.27. The fourth-order valence-electron chi connectivity index (χ4n) is 1.55. The number of benzene rings is 1. The van der Waals surface area contributed by atoms with E-state index in [1.165, 1.54) is 25.3 Å². The van der Waals surface area contributed by atoms with Crippen LogP contribution in [0.1, 0.15) is 10.6 Å². The second-order valence-electron chi connectivity index (χ2n) is 3.26. The van der Waals surface area contributed by atoms with Crippen molar-refractivity contribution in [2.24, 2.45) is 5.73 Å². The lowest BCUT2D eigenvalue weighted by Gasteiger charge is -2.01. The fourth-order valence-corrected chi connectivity index (χ4v) is 1.55. The third-order valence-corrected chi connectivity index (χ3v) is 2.27. The molecule has 0 radical (unpaired) electrons. The van der Waals surface area contributed by atoms with E-state index in [0.29, 0.717) is 11.0 Å². The molecule has 7 nitrogen and oxygen atoms in total. The van der Waals surface area contributed by atoms with Crippen LogP contribution in [0, 0.1) is 10.1 Å². The number of nitrogens with zero attached hydrogens (tertiary/aromatic N) is 1. The first-order chi connectivity index (χ1) is 8.04. The maximum atomic E-state index is 10.9. The summed E-state index contributed by atoms with van der Waals surface area (Å²) < 4.78 is 10.1. The molecule has 2 N–H and O–H groups in total. The standard InChI is InChI=1S/C10H8N2O5/c1-16-9-5-4-8(10(11)13)17-7(5)3-2-6(9)12(14)15/h2-4H,1H3,(H2,11,13). The van der Waals surface area contributed by atoms with Crippen molar-refractivity contribution in [1.29, 1.82) is 0 Å². The van der Waals surface area contributed by atoms with Gasteiger partial charge < -0.3 is 14.9 Å². The number of nitrogens with two attached hydrogens (primary N) is 1. The summed E-state index contributed by atoms with van der Waals surface area (Å²) in [6.45, 7) is 0. The number of carbonyl (C=O) groups excluding carboxylic acids is 1. The minimum absolute atomic E-state index is 0.0451. The number of ether oxygens (including phenoxy) is 1. The molecular formula is C10H8N2O5. The van der Waals surface area contributed by atoms with Gasteiger partial charge in [0.1, 0.15) is 5.58 Å². The van der Waals surface area contributed by atoms with Crippen LogP contribution in [0.25, 0.3) is 11.0 Å². The molecule has 0 fully saturated rings. The zero-order valence-electron chi connectivity index (χ0n) is 8.80. The van der Waals surface area contributed by atoms with Gasteiger partial charge in [-0.25, -0.2) is 0 Å². The first kappa shape index (κ1) is 10.9. The Labute approximate surface area is 94.9 Å². The minimum Gasteiger partial charge on any atom is -0.490 e. The number of primary amides is 1. The Bertz CT molecular complexity index is 616. The van der Waals surface area contributed by atoms with E-state index in [9.17, 15) is 14.9 Å². The fraction of sp³-hybridized carbons (Fsp3) is 0.100. The summed E-state index contributed by atoms with van der Waals surface area (Å²) in [6, 6.07) is 3.96. The molecule has 1 amide bonds. The Hall–Kier alpha value is -2.57. The van der Waals surface area contributed by atoms with Crippen LogP contribution in [0.15, 0.2) is 22.6 Å². The van der Waals surface area contributed by atoms with E-state index in [4.69, 9.17) is 14.9 Å². The summed E-state index contributed by atoms with van der Waals surface area (Å²) in [5.41, 5.74) is 5.17. The van der Waals surface area contributed by atoms with Crippen LogP contribution in [0.4, 0.5) is 5.69 Å². The number of furan rings is 1. The summed E-state index contributed by atoms with van der Waals surface area (Å²) in [7, 11) is 1.30. The molecule has 1 heterocycles. The van der Waals surface area contributed by atoms with Gasteiger partial charge in [0.2, 0.25) is 5.75 Å². The Morgan fingerprint density at radius 1 is 1.53 bits per heavy atom. The molecule has 0 aliphatic carbocycles. The molecular weight excluding hydrogens is 228 g/mol. The van der Waals surface area contributed by atoms with Crippen LogP contribution in [0.2, 0.25) is 0 Å². The number of hydrogen-bond acceptors (Lipinski definition) is 5. The zero-order chi connectivity index (χ0) is 12.6. The maximum Gasteiger partial charge on any atom is 0.311 e. The van der Waals surface area contributed by atoms with Crippen LogP contribution < -0.4 is 10.5 Å². The first-order valence-electron chi connectivity index (χ1n) is 4.59. The van der Waals surface area contributed by atoms with Crippen molar-refractivity contribution in [3.05, 3.63) is 34.1 Å². The average Bonchev–Trinajstić information content (AvgIpc) is 2.70. The Balaban J connectivity index is 2.76. The molecule has 0 aliphatic heterocycles. The van der Waals surface area contributed by atoms with E-state index in [2.05, 4.69) is 0 Å². The highest BCUT2D eigenvalue weighted by Gasteiger charge is 2.21. The lowest BCUT2D eigenvalue weighted by molar-refractivity contribution is -0.385. The number of rotatable bonds is 3. The Morgan fingerprint density at radius 2 is 2.24 bits per heavy atom. The van der Waals surface area contributed by atoms with E-state index in [-0.39, 0.29) is 17.2 Å². The second kappa shape index (κ2) is 3.78. The van der Waals surface area contributed by atoms with Crippen molar-refractivity contribution >= 4 is 22.6 Å². The van der Waals surface area contributed by atoms with Crippen LogP contribution in [-0.2, 0) is 0 Å². The number of nitro benzene ring substituents is 1. The number of amides is 1. The molecule has 2 rings (SSSR count). The largest absolute Gasteiger partial charge is 0.490 e. The van der Waals surface area contributed by atoms with Crippen molar-refractivity contribution in [3.8, 4) is 5.75 Å². The van der Waals surface area contributed by atoms with Gasteiger partial charge in [-0.1, -0.05) is 0 Å². The van der Waals surface area contributed by atoms with Gasteiger partial charge in [-0.3, -0.25) is 14.9 Å². The highest BCUT2D eigenvalue weighted by molar-refractivity contribution is 5.98. The van der Waals surface area contributed by atoms with Gasteiger partial charge in [-0.2, -0.15) is 0 Å². The molecule has 0 saturated carbocycles. The van der Waals surface area contributed by atoms with Crippen LogP contribution >= 0.6 is 0 Å². The minimum atomic E-state index is -0.745. The van der Waals surface area contributed by atoms with Gasteiger partial charge in [0.25, 0.3) is 5.91 Å². The van der Waals surface area contributed by atoms with Gasteiger partial charge in [0, 0.05) is 12.1 Å². The molecule has 0 aliphatic rings. The van der Waals surface area contributed by atoms with Crippen LogP contribution in [0.5, 0.6) is 5.75 Å². The predicted molar refractivity (Wildman–Crippen MR) is 57.9 cm³/mol. The SMILES string of the molecule is COc1c([N+](=O)[O-])ccc2oc(C(N)=O)cc12. The van der Waals surface area contributed by atoms with E-state index in [1.54, 1.807) is 0 Å². The lowest BCUT2D eigenvalue weighted by atomic mass is 10.2. The van der Waals surface area contributed by atoms with Crippen LogP contribution in [-0.4, -0.2) is 17.9 Å². The van der Waals surface area contributed by atoms with E-state index >= 15 is 0 Å². The molecule has 2 aromatic rings. The van der Waals surface area contributed by atoms with Gasteiger partial charge in [0.15, 0.2) is 5.76 Å². The van der Waals surface area contributed by atoms with Crippen molar-refractivity contribution in [1.82, 2.24) is 0 Å². The molecule has 1 aromatic carbocycles. The lowest BCUT2D eigenvalue weighted by Crippen LogP contribution is -2.08. The zero-order valence-corrected chi connectivity index (χ0v) is 8.80. The van der Waals surface area contributed by atoms with Gasteiger partial charge in [-0.05, 0) is 6.07 Å². The van der Waals surface area contributed by atoms with Gasteiger partial charge in [0.05, 0.1) is 17.4 Å². The van der Waals surface area contributed by atoms with Crippen LogP contribution in [0.3, 0.4) is 0 Å². The highest BCUT2D eigenvalue weighted by atomic mass is 16.6. The molecule has 17 heavy (non-hydrogen) atoms. The summed E-state index contributed by atoms with van der Waals surface area (Å²) in [4.78, 5) is 21.1. The molecule has 0 unspecified atom stereocenters. The van der Waals surface area contributed by atoms with E-state index < -0.39 is 10.8 Å². The number of hydrogen-bond donors (Lipinski definition) is 1. The Kier molecular flexibility index (Phi) is 2.43. The number of methoxy groups -OCH3 is 1. The number of nitro groups is 1. The van der Waals surface area contributed by atoms with E-state index in [0.717, 1.165) is 0 Å². The molecule has 0 spiro atoms. The molecule has 0 atom stereocenters. The molecule has 7 heteroatoms. The Morgan fingerprint density at radius 3 is 2.76 bits per heavy atom. The van der Waals surface area contributed by atoms with E-state index in [1.807, 2.05) is 0 Å². The summed E-state index contributed by atoms with van der Waals surface area (Å²) in [5, 5.41) is 11.1. The van der Waals surface area contributed by atoms with Crippen molar-refractivity contribution in [2.45, 2.75) is 0 Å². The van der Waals surface area contributed by atoms with Gasteiger partial charge in [-0.15, -0.1) is 0 Å². The number of fused-ring (bicyclic) bond motifs is 1. The summed E-state index contributed by atoms with van der Waals surface area (Å²) >= 11 is 0. The van der Waals surface area contributed by atoms with Crippen molar-refractivity contribution < 1.29 is 18.9 Å². The molecule has 88 valence electrons. The third kappa shape index (κ3) is 1.67. The smallest absolute Gasteiger partial charge is 0.311 e. The first-order valence-corrected chi connectivity index (χ1v) is 4.59. The average molecular weight is 236 g/mol. The maximum absolute atomic E-state index is 10.9. The van der Waals surface area contributed by atoms with Crippen molar-refractivity contribution in [3.63, 3.8) is 0 Å². The highest BCUT2D eigenvalue weighted by Crippen LogP contribution is 2.36. The summed E-state index contributed by atoms with van der Waals surface area (Å²) in [5.74, 6) is -0.770. The second-order valence-corrected chi connectivity index (χ2v) is 3.26. The predicted octanol–water partition coefficient (Wildman–Crippen LogP) is 1.45. The molecule has 0 bridgehead atoms. The van der Waals surface area contributed by atoms with Gasteiger partial charge >= 0.3 is 5.69 Å². The molecule has 0 saturated heterocycles. The monoisotopic (exact) mass is 236 g/mol. The normalized spacial score (nSPS) is 10.4. The quantitative estimate of drug-likeness (QED) is 0.640. The number of carbonyl (C=O) groups is 1. The summed E-state index contributed by atoms with van der Waals surface area (Å²) in [6.07, 6.45) is 0. The van der Waals surface area contributed by atoms with Crippen molar-refractivity contribution in [2.75, 3.05) is 7.11 Å². The topological polar surface area (TPSA) is 109 Å². The molecule has 1 aromatic heterocycles.